The number of hydrogen-bond acceptors (Lipinski definition) is 3. The van der Waals surface area contributed by atoms with E-state index in [2.05, 4.69) is 11.9 Å². The van der Waals surface area contributed by atoms with Crippen molar-refractivity contribution in [2.75, 3.05) is 7.05 Å². The van der Waals surface area contributed by atoms with Crippen LogP contribution in [0.3, 0.4) is 0 Å². The van der Waals surface area contributed by atoms with Crippen LogP contribution in [0.15, 0.2) is 24.5 Å². The van der Waals surface area contributed by atoms with Crippen molar-refractivity contribution in [3.63, 3.8) is 0 Å². The SMILES string of the molecule is CCCCC(C(=O)O)N(C)Cc1cccnc1. The number of carbonyl (C=O) groups is 1. The number of rotatable bonds is 7. The van der Waals surface area contributed by atoms with E-state index in [0.29, 0.717) is 13.0 Å². The molecule has 1 aromatic rings. The van der Waals surface area contributed by atoms with Crippen LogP contribution in [-0.2, 0) is 11.3 Å². The quantitative estimate of drug-likeness (QED) is 0.788. The van der Waals surface area contributed by atoms with Crippen LogP contribution in [0.5, 0.6) is 0 Å². The predicted molar refractivity (Wildman–Crippen MR) is 66.7 cm³/mol. The Morgan fingerprint density at radius 2 is 2.35 bits per heavy atom. The van der Waals surface area contributed by atoms with Gasteiger partial charge in [0.15, 0.2) is 0 Å². The third-order valence-corrected chi connectivity index (χ3v) is 2.80. The average molecular weight is 236 g/mol. The summed E-state index contributed by atoms with van der Waals surface area (Å²) in [4.78, 5) is 17.1. The van der Waals surface area contributed by atoms with Crippen molar-refractivity contribution in [3.05, 3.63) is 30.1 Å². The number of hydrogen-bond donors (Lipinski definition) is 1. The molecule has 0 aromatic carbocycles. The summed E-state index contributed by atoms with van der Waals surface area (Å²) in [7, 11) is 1.85. The minimum Gasteiger partial charge on any atom is -0.480 e. The molecule has 0 bridgehead atoms. The lowest BCUT2D eigenvalue weighted by Crippen LogP contribution is -2.37. The first-order chi connectivity index (χ1) is 8.15. The minimum atomic E-state index is -0.746. The van der Waals surface area contributed by atoms with Gasteiger partial charge < -0.3 is 5.11 Å². The van der Waals surface area contributed by atoms with E-state index in [1.807, 2.05) is 24.1 Å². The number of carboxylic acids is 1. The van der Waals surface area contributed by atoms with Crippen LogP contribution in [0.1, 0.15) is 31.7 Å². The molecule has 0 aliphatic rings. The zero-order valence-corrected chi connectivity index (χ0v) is 10.5. The largest absolute Gasteiger partial charge is 0.480 e. The molecule has 0 aliphatic carbocycles. The Morgan fingerprint density at radius 3 is 2.88 bits per heavy atom. The van der Waals surface area contributed by atoms with E-state index in [-0.39, 0.29) is 0 Å². The lowest BCUT2D eigenvalue weighted by Gasteiger charge is -2.24. The van der Waals surface area contributed by atoms with Gasteiger partial charge in [0.25, 0.3) is 0 Å². The number of aromatic nitrogens is 1. The van der Waals surface area contributed by atoms with Gasteiger partial charge in [0, 0.05) is 18.9 Å². The maximum Gasteiger partial charge on any atom is 0.320 e. The predicted octanol–water partition coefficient (Wildman–Crippen LogP) is 2.16. The van der Waals surface area contributed by atoms with Gasteiger partial charge in [-0.1, -0.05) is 25.8 Å². The highest BCUT2D eigenvalue weighted by Crippen LogP contribution is 2.11. The number of unbranched alkanes of at least 4 members (excludes halogenated alkanes) is 1. The topological polar surface area (TPSA) is 53.4 Å². The highest BCUT2D eigenvalue weighted by atomic mass is 16.4. The van der Waals surface area contributed by atoms with Crippen LogP contribution >= 0.6 is 0 Å². The molecule has 17 heavy (non-hydrogen) atoms. The van der Waals surface area contributed by atoms with Crippen molar-refractivity contribution in [1.29, 1.82) is 0 Å². The molecule has 94 valence electrons. The van der Waals surface area contributed by atoms with Crippen molar-refractivity contribution in [1.82, 2.24) is 9.88 Å². The van der Waals surface area contributed by atoms with Gasteiger partial charge in [-0.2, -0.15) is 0 Å². The highest BCUT2D eigenvalue weighted by Gasteiger charge is 2.21. The third kappa shape index (κ3) is 4.53. The van der Waals surface area contributed by atoms with Gasteiger partial charge >= 0.3 is 5.97 Å². The van der Waals surface area contributed by atoms with E-state index in [1.54, 1.807) is 12.4 Å². The molecule has 0 saturated carbocycles. The zero-order valence-electron chi connectivity index (χ0n) is 10.5. The number of likely N-dealkylation sites (N-methyl/N-ethyl adjacent to an activating group) is 1. The second-order valence-corrected chi connectivity index (χ2v) is 4.27. The Bertz CT molecular complexity index is 341. The molecule has 0 amide bonds. The first-order valence-electron chi connectivity index (χ1n) is 5.97. The molecular formula is C13H20N2O2. The molecule has 1 N–H and O–H groups in total. The third-order valence-electron chi connectivity index (χ3n) is 2.80. The minimum absolute atomic E-state index is 0.407. The molecule has 4 nitrogen and oxygen atoms in total. The van der Waals surface area contributed by atoms with Gasteiger partial charge in [0.05, 0.1) is 0 Å². The summed E-state index contributed by atoms with van der Waals surface area (Å²) in [6.45, 7) is 2.69. The fourth-order valence-corrected chi connectivity index (χ4v) is 1.82. The van der Waals surface area contributed by atoms with Crippen LogP contribution in [-0.4, -0.2) is 34.0 Å². The summed E-state index contributed by atoms with van der Waals surface area (Å²) in [5.41, 5.74) is 1.04. The van der Waals surface area contributed by atoms with Crippen LogP contribution in [0.25, 0.3) is 0 Å². The highest BCUT2D eigenvalue weighted by molar-refractivity contribution is 5.73. The molecule has 1 unspecified atom stereocenters. The molecule has 1 rings (SSSR count). The van der Waals surface area contributed by atoms with E-state index in [4.69, 9.17) is 0 Å². The van der Waals surface area contributed by atoms with Gasteiger partial charge in [-0.25, -0.2) is 0 Å². The number of pyridine rings is 1. The Labute approximate surface area is 102 Å². The van der Waals surface area contributed by atoms with Crippen LogP contribution in [0.4, 0.5) is 0 Å². The zero-order chi connectivity index (χ0) is 12.7. The molecule has 0 aliphatic heterocycles. The number of nitrogens with zero attached hydrogens (tertiary/aromatic N) is 2. The van der Waals surface area contributed by atoms with Gasteiger partial charge in [-0.3, -0.25) is 14.7 Å². The van der Waals surface area contributed by atoms with E-state index < -0.39 is 12.0 Å². The molecule has 1 heterocycles. The number of carboxylic acid groups (broad SMARTS) is 1. The molecule has 0 fully saturated rings. The van der Waals surface area contributed by atoms with E-state index in [0.717, 1.165) is 18.4 Å². The van der Waals surface area contributed by atoms with Crippen molar-refractivity contribution in [2.45, 2.75) is 38.8 Å². The molecule has 0 saturated heterocycles. The van der Waals surface area contributed by atoms with E-state index in [9.17, 15) is 9.90 Å². The van der Waals surface area contributed by atoms with Crippen LogP contribution in [0, 0.1) is 0 Å². The average Bonchev–Trinajstić information content (AvgIpc) is 2.30. The normalized spacial score (nSPS) is 12.6. The van der Waals surface area contributed by atoms with Gasteiger partial charge in [0.2, 0.25) is 0 Å². The summed E-state index contributed by atoms with van der Waals surface area (Å²) in [6.07, 6.45) is 6.14. The van der Waals surface area contributed by atoms with Crippen LogP contribution in [0.2, 0.25) is 0 Å². The number of aliphatic carboxylic acids is 1. The van der Waals surface area contributed by atoms with Gasteiger partial charge in [-0.15, -0.1) is 0 Å². The Balaban J connectivity index is 2.59. The first kappa shape index (κ1) is 13.6. The maximum atomic E-state index is 11.2. The second-order valence-electron chi connectivity index (χ2n) is 4.27. The molecular weight excluding hydrogens is 216 g/mol. The molecule has 0 spiro atoms. The Kier molecular flexibility index (Phi) is 5.63. The smallest absolute Gasteiger partial charge is 0.320 e. The summed E-state index contributed by atoms with van der Waals surface area (Å²) < 4.78 is 0. The van der Waals surface area contributed by atoms with Crippen molar-refractivity contribution >= 4 is 5.97 Å². The standard InChI is InChI=1S/C13H20N2O2/c1-3-4-7-12(13(16)17)15(2)10-11-6-5-8-14-9-11/h5-6,8-9,12H,3-4,7,10H2,1-2H3,(H,16,17). The summed E-state index contributed by atoms with van der Waals surface area (Å²) in [5, 5.41) is 9.19. The summed E-state index contributed by atoms with van der Waals surface area (Å²) >= 11 is 0. The van der Waals surface area contributed by atoms with E-state index in [1.165, 1.54) is 0 Å². The van der Waals surface area contributed by atoms with Crippen molar-refractivity contribution in [3.8, 4) is 0 Å². The van der Waals surface area contributed by atoms with E-state index >= 15 is 0 Å². The lowest BCUT2D eigenvalue weighted by atomic mass is 10.1. The molecule has 4 heteroatoms. The van der Waals surface area contributed by atoms with Gasteiger partial charge in [0.1, 0.15) is 6.04 Å². The molecule has 1 aromatic heterocycles. The molecule has 1 atom stereocenters. The lowest BCUT2D eigenvalue weighted by molar-refractivity contribution is -0.143. The summed E-state index contributed by atoms with van der Waals surface area (Å²) in [6, 6.07) is 3.42. The van der Waals surface area contributed by atoms with Gasteiger partial charge in [-0.05, 0) is 25.1 Å². The summed E-state index contributed by atoms with van der Waals surface area (Å²) in [5.74, 6) is -0.746. The maximum absolute atomic E-state index is 11.2. The molecule has 0 radical (unpaired) electrons. The van der Waals surface area contributed by atoms with Crippen LogP contribution < -0.4 is 0 Å². The van der Waals surface area contributed by atoms with Crippen molar-refractivity contribution in [2.24, 2.45) is 0 Å². The second kappa shape index (κ2) is 7.01. The fourth-order valence-electron chi connectivity index (χ4n) is 1.82. The Hall–Kier alpha value is -1.42. The van der Waals surface area contributed by atoms with Crippen molar-refractivity contribution < 1.29 is 9.90 Å². The monoisotopic (exact) mass is 236 g/mol. The fraction of sp³-hybridized carbons (Fsp3) is 0.538. The Morgan fingerprint density at radius 1 is 1.59 bits per heavy atom. The first-order valence-corrected chi connectivity index (χ1v) is 5.97.